The van der Waals surface area contributed by atoms with Crippen molar-refractivity contribution in [3.63, 3.8) is 0 Å². The van der Waals surface area contributed by atoms with Gasteiger partial charge in [-0.2, -0.15) is 0 Å². The van der Waals surface area contributed by atoms with Gasteiger partial charge in [0.05, 0.1) is 0 Å². The molecule has 0 atom stereocenters. The maximum atomic E-state index is 3.77. The van der Waals surface area contributed by atoms with Crippen LogP contribution >= 0.6 is 0 Å². The van der Waals surface area contributed by atoms with Crippen molar-refractivity contribution in [1.29, 1.82) is 0 Å². The van der Waals surface area contributed by atoms with E-state index in [0.29, 0.717) is 5.41 Å². The summed E-state index contributed by atoms with van der Waals surface area (Å²) in [5.74, 6) is 0. The van der Waals surface area contributed by atoms with Crippen LogP contribution in [0.25, 0.3) is 0 Å². The average Bonchev–Trinajstić information content (AvgIpc) is 3.02. The summed E-state index contributed by atoms with van der Waals surface area (Å²) in [5.41, 5.74) is 3.79. The molecule has 2 aliphatic rings. The van der Waals surface area contributed by atoms with Gasteiger partial charge in [-0.3, -0.25) is 4.90 Å². The lowest BCUT2D eigenvalue weighted by Crippen LogP contribution is -2.47. The molecule has 0 saturated heterocycles. The Hall–Kier alpha value is -0.860. The standard InChI is InChI=1S/C19H30N2/c1-18(2,3)20-14-19(10-6-7-11-19)15-21-12-16-8-4-5-9-17(16)13-21/h4-5,8-9,20H,6-7,10-15H2,1-3H3. The maximum Gasteiger partial charge on any atom is 0.0240 e. The van der Waals surface area contributed by atoms with Crippen LogP contribution in [0.3, 0.4) is 0 Å². The van der Waals surface area contributed by atoms with E-state index in [4.69, 9.17) is 0 Å². The van der Waals surface area contributed by atoms with Crippen LogP contribution in [0.2, 0.25) is 0 Å². The van der Waals surface area contributed by atoms with Gasteiger partial charge in [0, 0.05) is 31.7 Å². The van der Waals surface area contributed by atoms with Gasteiger partial charge in [-0.15, -0.1) is 0 Å². The second kappa shape index (κ2) is 5.73. The first-order valence-electron chi connectivity index (χ1n) is 8.50. The molecular weight excluding hydrogens is 256 g/mol. The number of benzene rings is 1. The van der Waals surface area contributed by atoms with Gasteiger partial charge in [-0.1, -0.05) is 37.1 Å². The summed E-state index contributed by atoms with van der Waals surface area (Å²) >= 11 is 0. The lowest BCUT2D eigenvalue weighted by molar-refractivity contribution is 0.139. The highest BCUT2D eigenvalue weighted by Gasteiger charge is 2.37. The molecule has 2 heteroatoms. The zero-order valence-electron chi connectivity index (χ0n) is 13.9. The Morgan fingerprint density at radius 2 is 1.62 bits per heavy atom. The fraction of sp³-hybridized carbons (Fsp3) is 0.684. The highest BCUT2D eigenvalue weighted by atomic mass is 15.2. The number of nitrogens with zero attached hydrogens (tertiary/aromatic N) is 1. The Morgan fingerprint density at radius 1 is 1.05 bits per heavy atom. The van der Waals surface area contributed by atoms with Crippen LogP contribution in [0, 0.1) is 5.41 Å². The van der Waals surface area contributed by atoms with Crippen molar-refractivity contribution in [3.8, 4) is 0 Å². The topological polar surface area (TPSA) is 15.3 Å². The molecule has 0 amide bonds. The van der Waals surface area contributed by atoms with Crippen LogP contribution in [-0.4, -0.2) is 23.5 Å². The minimum Gasteiger partial charge on any atom is -0.311 e. The molecule has 1 aliphatic carbocycles. The first-order valence-corrected chi connectivity index (χ1v) is 8.50. The quantitative estimate of drug-likeness (QED) is 0.901. The van der Waals surface area contributed by atoms with Crippen LogP contribution in [-0.2, 0) is 13.1 Å². The Bertz CT molecular complexity index is 456. The second-order valence-corrected chi connectivity index (χ2v) is 8.22. The van der Waals surface area contributed by atoms with E-state index in [9.17, 15) is 0 Å². The molecule has 3 rings (SSSR count). The van der Waals surface area contributed by atoms with E-state index in [2.05, 4.69) is 55.3 Å². The summed E-state index contributed by atoms with van der Waals surface area (Å²) in [6, 6.07) is 8.94. The van der Waals surface area contributed by atoms with Crippen molar-refractivity contribution in [2.75, 3.05) is 13.1 Å². The third-order valence-corrected chi connectivity index (χ3v) is 5.12. The van der Waals surface area contributed by atoms with Crippen LogP contribution in [0.5, 0.6) is 0 Å². The summed E-state index contributed by atoms with van der Waals surface area (Å²) in [6.45, 7) is 11.6. The van der Waals surface area contributed by atoms with Crippen LogP contribution in [0.15, 0.2) is 24.3 Å². The Labute approximate surface area is 129 Å². The minimum atomic E-state index is 0.226. The van der Waals surface area contributed by atoms with E-state index in [-0.39, 0.29) is 5.54 Å². The molecule has 1 N–H and O–H groups in total. The molecule has 1 heterocycles. The molecule has 0 radical (unpaired) electrons. The van der Waals surface area contributed by atoms with E-state index < -0.39 is 0 Å². The second-order valence-electron chi connectivity index (χ2n) is 8.22. The lowest BCUT2D eigenvalue weighted by Gasteiger charge is -2.36. The molecule has 0 bridgehead atoms. The van der Waals surface area contributed by atoms with E-state index in [0.717, 1.165) is 13.1 Å². The summed E-state index contributed by atoms with van der Waals surface area (Å²) in [5, 5.41) is 3.77. The molecule has 1 fully saturated rings. The smallest absolute Gasteiger partial charge is 0.0240 e. The van der Waals surface area contributed by atoms with Crippen molar-refractivity contribution in [2.45, 2.75) is 65.1 Å². The Kier molecular flexibility index (Phi) is 4.11. The van der Waals surface area contributed by atoms with Gasteiger partial charge >= 0.3 is 0 Å². The van der Waals surface area contributed by atoms with Gasteiger partial charge in [0.25, 0.3) is 0 Å². The van der Waals surface area contributed by atoms with Gasteiger partial charge < -0.3 is 5.32 Å². The maximum absolute atomic E-state index is 3.77. The normalized spacial score (nSPS) is 21.7. The summed E-state index contributed by atoms with van der Waals surface area (Å²) < 4.78 is 0. The van der Waals surface area contributed by atoms with Crippen LogP contribution < -0.4 is 5.32 Å². The zero-order valence-corrected chi connectivity index (χ0v) is 13.9. The first-order chi connectivity index (χ1) is 9.96. The van der Waals surface area contributed by atoms with Crippen molar-refractivity contribution in [2.24, 2.45) is 5.41 Å². The van der Waals surface area contributed by atoms with E-state index in [1.54, 1.807) is 0 Å². The zero-order chi connectivity index (χ0) is 14.9. The molecule has 2 nitrogen and oxygen atoms in total. The fourth-order valence-corrected chi connectivity index (χ4v) is 3.96. The number of hydrogen-bond acceptors (Lipinski definition) is 2. The first kappa shape index (κ1) is 15.1. The molecule has 116 valence electrons. The van der Waals surface area contributed by atoms with Crippen molar-refractivity contribution in [1.82, 2.24) is 10.2 Å². The largest absolute Gasteiger partial charge is 0.311 e. The van der Waals surface area contributed by atoms with Gasteiger partial charge in [0.15, 0.2) is 0 Å². The van der Waals surface area contributed by atoms with Gasteiger partial charge in [0.1, 0.15) is 0 Å². The molecule has 21 heavy (non-hydrogen) atoms. The predicted octanol–water partition coefficient (Wildman–Crippen LogP) is 3.95. The SMILES string of the molecule is CC(C)(C)NCC1(CN2Cc3ccccc3C2)CCCC1. The van der Waals surface area contributed by atoms with Crippen LogP contribution in [0.1, 0.15) is 57.6 Å². The Balaban J connectivity index is 1.64. The average molecular weight is 286 g/mol. The molecule has 0 spiro atoms. The molecular formula is C19H30N2. The van der Waals surface area contributed by atoms with Crippen molar-refractivity contribution in [3.05, 3.63) is 35.4 Å². The number of fused-ring (bicyclic) bond motifs is 1. The molecule has 0 aromatic heterocycles. The molecule has 1 aromatic rings. The number of nitrogens with one attached hydrogen (secondary N) is 1. The number of hydrogen-bond donors (Lipinski definition) is 1. The fourth-order valence-electron chi connectivity index (χ4n) is 3.96. The van der Waals surface area contributed by atoms with E-state index in [1.165, 1.54) is 49.9 Å². The highest BCUT2D eigenvalue weighted by molar-refractivity contribution is 5.30. The minimum absolute atomic E-state index is 0.226. The van der Waals surface area contributed by atoms with E-state index >= 15 is 0 Å². The van der Waals surface area contributed by atoms with Crippen LogP contribution in [0.4, 0.5) is 0 Å². The van der Waals surface area contributed by atoms with E-state index in [1.807, 2.05) is 0 Å². The monoisotopic (exact) mass is 286 g/mol. The van der Waals surface area contributed by atoms with Crippen molar-refractivity contribution >= 4 is 0 Å². The molecule has 1 aliphatic heterocycles. The van der Waals surface area contributed by atoms with Gasteiger partial charge in [-0.25, -0.2) is 0 Å². The molecule has 1 saturated carbocycles. The Morgan fingerprint density at radius 3 is 2.14 bits per heavy atom. The lowest BCUT2D eigenvalue weighted by atomic mass is 9.84. The predicted molar refractivity (Wildman–Crippen MR) is 89.2 cm³/mol. The molecule has 1 aromatic carbocycles. The van der Waals surface area contributed by atoms with Gasteiger partial charge in [0.2, 0.25) is 0 Å². The highest BCUT2D eigenvalue weighted by Crippen LogP contribution is 2.40. The summed E-state index contributed by atoms with van der Waals surface area (Å²) in [4.78, 5) is 2.67. The number of rotatable bonds is 4. The molecule has 0 unspecified atom stereocenters. The summed E-state index contributed by atoms with van der Waals surface area (Å²) in [6.07, 6.45) is 5.60. The summed E-state index contributed by atoms with van der Waals surface area (Å²) in [7, 11) is 0. The third kappa shape index (κ3) is 3.67. The third-order valence-electron chi connectivity index (χ3n) is 5.12. The van der Waals surface area contributed by atoms with Gasteiger partial charge in [-0.05, 0) is 50.2 Å². The van der Waals surface area contributed by atoms with Crippen molar-refractivity contribution < 1.29 is 0 Å².